The van der Waals surface area contributed by atoms with Gasteiger partial charge >= 0.3 is 0 Å². The lowest BCUT2D eigenvalue weighted by molar-refractivity contribution is 0.301. The molecule has 2 aromatic heterocycles. The van der Waals surface area contributed by atoms with E-state index < -0.39 is 0 Å². The Labute approximate surface area is 147 Å². The number of H-pyrrole nitrogens is 1. The molecule has 2 aromatic carbocycles. The maximum absolute atomic E-state index is 6.08. The van der Waals surface area contributed by atoms with Gasteiger partial charge in [-0.05, 0) is 30.3 Å². The van der Waals surface area contributed by atoms with Gasteiger partial charge in [0.1, 0.15) is 12.3 Å². The summed E-state index contributed by atoms with van der Waals surface area (Å²) >= 11 is 12.2. The van der Waals surface area contributed by atoms with E-state index in [4.69, 9.17) is 27.9 Å². The SMILES string of the molecule is Clc1cccc(Cl)c1OCc1cn(-c2ccc3[nH]ncc3c2)nn1. The molecule has 6 nitrogen and oxygen atoms in total. The molecule has 0 bridgehead atoms. The fourth-order valence-electron chi connectivity index (χ4n) is 2.33. The number of fused-ring (bicyclic) bond motifs is 1. The first-order valence-electron chi connectivity index (χ1n) is 7.12. The van der Waals surface area contributed by atoms with Gasteiger partial charge in [0.25, 0.3) is 0 Å². The standard InChI is InChI=1S/C16H11Cl2N5O/c17-13-2-1-3-14(18)16(13)24-9-11-8-23(22-20-11)12-4-5-15-10(6-12)7-19-21-15/h1-8H,9H2,(H,19,21). The molecular weight excluding hydrogens is 349 g/mol. The summed E-state index contributed by atoms with van der Waals surface area (Å²) in [5.74, 6) is 0.440. The molecule has 8 heteroatoms. The highest BCUT2D eigenvalue weighted by Gasteiger charge is 2.09. The number of nitrogens with one attached hydrogen (secondary N) is 1. The topological polar surface area (TPSA) is 68.6 Å². The minimum absolute atomic E-state index is 0.220. The fraction of sp³-hybridized carbons (Fsp3) is 0.0625. The second-order valence-electron chi connectivity index (χ2n) is 5.14. The maximum atomic E-state index is 6.08. The summed E-state index contributed by atoms with van der Waals surface area (Å²) < 4.78 is 7.35. The van der Waals surface area contributed by atoms with Crippen LogP contribution in [0, 0.1) is 0 Å². The highest BCUT2D eigenvalue weighted by atomic mass is 35.5. The third kappa shape index (κ3) is 2.81. The van der Waals surface area contributed by atoms with Gasteiger partial charge in [-0.25, -0.2) is 4.68 Å². The lowest BCUT2D eigenvalue weighted by Gasteiger charge is -2.07. The first-order valence-corrected chi connectivity index (χ1v) is 7.88. The van der Waals surface area contributed by atoms with E-state index in [2.05, 4.69) is 20.5 Å². The van der Waals surface area contributed by atoms with Gasteiger partial charge in [-0.15, -0.1) is 5.10 Å². The van der Waals surface area contributed by atoms with Crippen molar-refractivity contribution in [3.05, 3.63) is 64.5 Å². The van der Waals surface area contributed by atoms with Gasteiger partial charge in [-0.2, -0.15) is 5.10 Å². The van der Waals surface area contributed by atoms with Gasteiger partial charge in [-0.1, -0.05) is 34.5 Å². The van der Waals surface area contributed by atoms with E-state index in [0.29, 0.717) is 21.5 Å². The van der Waals surface area contributed by atoms with Crippen molar-refractivity contribution in [3.8, 4) is 11.4 Å². The quantitative estimate of drug-likeness (QED) is 0.597. The molecular formula is C16H11Cl2N5O. The van der Waals surface area contributed by atoms with E-state index in [9.17, 15) is 0 Å². The largest absolute Gasteiger partial charge is 0.484 e. The molecule has 0 spiro atoms. The van der Waals surface area contributed by atoms with E-state index in [1.54, 1.807) is 35.3 Å². The Morgan fingerprint density at radius 1 is 1.12 bits per heavy atom. The number of ether oxygens (including phenoxy) is 1. The van der Waals surface area contributed by atoms with Crippen LogP contribution < -0.4 is 4.74 Å². The maximum Gasteiger partial charge on any atom is 0.157 e. The first kappa shape index (κ1) is 15.0. The molecule has 4 rings (SSSR count). The van der Waals surface area contributed by atoms with Crippen molar-refractivity contribution >= 4 is 34.1 Å². The molecule has 4 aromatic rings. The average molecular weight is 360 g/mol. The summed E-state index contributed by atoms with van der Waals surface area (Å²) in [4.78, 5) is 0. The summed E-state index contributed by atoms with van der Waals surface area (Å²) in [6.45, 7) is 0.220. The highest BCUT2D eigenvalue weighted by Crippen LogP contribution is 2.32. The predicted molar refractivity (Wildman–Crippen MR) is 91.8 cm³/mol. The third-order valence-corrected chi connectivity index (χ3v) is 4.11. The van der Waals surface area contributed by atoms with Crippen molar-refractivity contribution in [1.82, 2.24) is 25.2 Å². The van der Waals surface area contributed by atoms with Gasteiger partial charge in [0.05, 0.1) is 33.6 Å². The van der Waals surface area contributed by atoms with Crippen LogP contribution in [0.3, 0.4) is 0 Å². The average Bonchev–Trinajstić information content (AvgIpc) is 3.22. The Kier molecular flexibility index (Phi) is 3.84. The molecule has 0 atom stereocenters. The number of rotatable bonds is 4. The van der Waals surface area contributed by atoms with Crippen LogP contribution >= 0.6 is 23.2 Å². The Morgan fingerprint density at radius 2 is 1.96 bits per heavy atom. The third-order valence-electron chi connectivity index (χ3n) is 3.51. The summed E-state index contributed by atoms with van der Waals surface area (Å²) in [6, 6.07) is 11.1. The predicted octanol–water partition coefficient (Wildman–Crippen LogP) is 4.03. The summed E-state index contributed by atoms with van der Waals surface area (Å²) in [5.41, 5.74) is 2.52. The Bertz CT molecular complexity index is 990. The van der Waals surface area contributed by atoms with E-state index in [1.807, 2.05) is 18.2 Å². The molecule has 0 aliphatic carbocycles. The number of aromatic amines is 1. The van der Waals surface area contributed by atoms with Gasteiger partial charge in [0.2, 0.25) is 0 Å². The van der Waals surface area contributed by atoms with Gasteiger partial charge in [0, 0.05) is 5.39 Å². The normalized spacial score (nSPS) is 11.1. The van der Waals surface area contributed by atoms with E-state index in [1.165, 1.54) is 0 Å². The first-order chi connectivity index (χ1) is 11.7. The zero-order valence-corrected chi connectivity index (χ0v) is 13.8. The summed E-state index contributed by atoms with van der Waals surface area (Å²) in [7, 11) is 0. The van der Waals surface area contributed by atoms with E-state index >= 15 is 0 Å². The van der Waals surface area contributed by atoms with Crippen LogP contribution in [0.5, 0.6) is 5.75 Å². The van der Waals surface area contributed by atoms with E-state index in [0.717, 1.165) is 16.6 Å². The van der Waals surface area contributed by atoms with Crippen molar-refractivity contribution in [2.45, 2.75) is 6.61 Å². The van der Waals surface area contributed by atoms with Crippen LogP contribution in [0.2, 0.25) is 10.0 Å². The zero-order chi connectivity index (χ0) is 16.5. The van der Waals surface area contributed by atoms with Gasteiger partial charge in [-0.3, -0.25) is 5.10 Å². The number of hydrogen-bond acceptors (Lipinski definition) is 4. The van der Waals surface area contributed by atoms with Crippen molar-refractivity contribution in [2.24, 2.45) is 0 Å². The lowest BCUT2D eigenvalue weighted by atomic mass is 10.2. The van der Waals surface area contributed by atoms with Crippen LogP contribution in [-0.2, 0) is 6.61 Å². The van der Waals surface area contributed by atoms with Crippen LogP contribution in [0.15, 0.2) is 48.8 Å². The second-order valence-corrected chi connectivity index (χ2v) is 5.95. The second kappa shape index (κ2) is 6.14. The number of aromatic nitrogens is 5. The number of nitrogens with zero attached hydrogens (tertiary/aromatic N) is 4. The molecule has 24 heavy (non-hydrogen) atoms. The highest BCUT2D eigenvalue weighted by molar-refractivity contribution is 6.37. The minimum Gasteiger partial charge on any atom is -0.484 e. The fourth-order valence-corrected chi connectivity index (χ4v) is 2.84. The molecule has 2 heterocycles. The molecule has 0 aliphatic rings. The Balaban J connectivity index is 1.54. The van der Waals surface area contributed by atoms with Crippen molar-refractivity contribution < 1.29 is 4.74 Å². The van der Waals surface area contributed by atoms with Crippen molar-refractivity contribution in [2.75, 3.05) is 0 Å². The van der Waals surface area contributed by atoms with Crippen LogP contribution in [-0.4, -0.2) is 25.2 Å². The summed E-state index contributed by atoms with van der Waals surface area (Å²) in [6.07, 6.45) is 3.56. The molecule has 120 valence electrons. The summed E-state index contributed by atoms with van der Waals surface area (Å²) in [5, 5.41) is 17.1. The van der Waals surface area contributed by atoms with E-state index in [-0.39, 0.29) is 6.61 Å². The molecule has 0 saturated carbocycles. The Morgan fingerprint density at radius 3 is 2.79 bits per heavy atom. The molecule has 0 unspecified atom stereocenters. The molecule has 0 radical (unpaired) electrons. The number of halogens is 2. The van der Waals surface area contributed by atoms with Crippen LogP contribution in [0.4, 0.5) is 0 Å². The molecule has 1 N–H and O–H groups in total. The monoisotopic (exact) mass is 359 g/mol. The Hall–Kier alpha value is -2.57. The van der Waals surface area contributed by atoms with Gasteiger partial charge in [0.15, 0.2) is 5.75 Å². The van der Waals surface area contributed by atoms with Crippen LogP contribution in [0.1, 0.15) is 5.69 Å². The number of para-hydroxylation sites is 1. The zero-order valence-electron chi connectivity index (χ0n) is 12.3. The van der Waals surface area contributed by atoms with Crippen molar-refractivity contribution in [1.29, 1.82) is 0 Å². The number of hydrogen-bond donors (Lipinski definition) is 1. The smallest absolute Gasteiger partial charge is 0.157 e. The molecule has 0 aliphatic heterocycles. The van der Waals surface area contributed by atoms with Crippen molar-refractivity contribution in [3.63, 3.8) is 0 Å². The van der Waals surface area contributed by atoms with Gasteiger partial charge < -0.3 is 4.74 Å². The number of benzene rings is 2. The van der Waals surface area contributed by atoms with Crippen LogP contribution in [0.25, 0.3) is 16.6 Å². The lowest BCUT2D eigenvalue weighted by Crippen LogP contribution is -1.97. The molecule has 0 saturated heterocycles. The minimum atomic E-state index is 0.220. The molecule has 0 amide bonds. The molecule has 0 fully saturated rings.